The van der Waals surface area contributed by atoms with Crippen LogP contribution in [0.1, 0.15) is 22.8 Å². The number of hydrogen-bond acceptors (Lipinski definition) is 3. The number of nitrogens with zero attached hydrogens (tertiary/aromatic N) is 2. The largest absolute Gasteiger partial charge is 0.355 e. The monoisotopic (exact) mass is 391 g/mol. The smallest absolute Gasteiger partial charge is 0.0659 e. The maximum atomic E-state index is 4.62. The Morgan fingerprint density at radius 1 is 0.500 bits per heavy atom. The molecule has 5 rings (SSSR count). The minimum atomic E-state index is 0. The SMILES string of the molecule is C1=Cc2cc3ccc(cc4ccc(cc5nc(cc1n2)C=C5)[nH]4)[nH]3.N.[Zn]. The molecule has 0 radical (unpaired) electrons. The zero-order chi connectivity index (χ0) is 15.9. The van der Waals surface area contributed by atoms with E-state index < -0.39 is 0 Å². The van der Waals surface area contributed by atoms with E-state index in [-0.39, 0.29) is 25.6 Å². The van der Waals surface area contributed by atoms with E-state index in [0.717, 1.165) is 44.8 Å². The number of rotatable bonds is 0. The molecule has 2 aliphatic rings. The molecular formula is C20H17N5Zn. The van der Waals surface area contributed by atoms with Crippen molar-refractivity contribution in [3.63, 3.8) is 0 Å². The third-order valence-corrected chi connectivity index (χ3v) is 4.04. The Kier molecular flexibility index (Phi) is 4.98. The Hall–Kier alpha value is -2.82. The molecule has 2 aliphatic heterocycles. The summed E-state index contributed by atoms with van der Waals surface area (Å²) in [6, 6.07) is 16.4. The van der Waals surface area contributed by atoms with E-state index in [1.807, 2.05) is 42.5 Å². The van der Waals surface area contributed by atoms with Gasteiger partial charge in [0.15, 0.2) is 0 Å². The van der Waals surface area contributed by atoms with Crippen LogP contribution in [0.2, 0.25) is 0 Å². The van der Waals surface area contributed by atoms with Crippen LogP contribution in [0.3, 0.4) is 0 Å². The van der Waals surface area contributed by atoms with Crippen molar-refractivity contribution in [2.75, 3.05) is 0 Å². The summed E-state index contributed by atoms with van der Waals surface area (Å²) in [4.78, 5) is 16.0. The third-order valence-electron chi connectivity index (χ3n) is 4.04. The summed E-state index contributed by atoms with van der Waals surface area (Å²) in [5.41, 5.74) is 7.86. The van der Waals surface area contributed by atoms with E-state index in [1.54, 1.807) is 0 Å². The first-order chi connectivity index (χ1) is 11.8. The van der Waals surface area contributed by atoms with E-state index in [1.165, 1.54) is 0 Å². The van der Waals surface area contributed by atoms with Crippen molar-refractivity contribution < 1.29 is 19.5 Å². The molecular weight excluding hydrogens is 376 g/mol. The van der Waals surface area contributed by atoms with E-state index in [9.17, 15) is 0 Å². The van der Waals surface area contributed by atoms with Gasteiger partial charge in [0, 0.05) is 41.5 Å². The number of nitrogens with one attached hydrogen (secondary N) is 2. The van der Waals surface area contributed by atoms with Crippen molar-refractivity contribution in [1.82, 2.24) is 26.1 Å². The second-order valence-electron chi connectivity index (χ2n) is 5.91. The predicted octanol–water partition coefficient (Wildman–Crippen LogP) is 4.82. The number of aromatic amines is 2. The van der Waals surface area contributed by atoms with Crippen LogP contribution < -0.4 is 6.15 Å². The topological polar surface area (TPSA) is 92.4 Å². The molecule has 0 spiro atoms. The normalized spacial score (nSPS) is 11.7. The molecule has 5 heterocycles. The molecule has 8 bridgehead atoms. The quantitative estimate of drug-likeness (QED) is 0.330. The number of hydrogen-bond donors (Lipinski definition) is 3. The molecule has 124 valence electrons. The van der Waals surface area contributed by atoms with E-state index in [2.05, 4.69) is 50.3 Å². The first-order valence-corrected chi connectivity index (χ1v) is 7.85. The number of fused-ring (bicyclic) bond motifs is 8. The van der Waals surface area contributed by atoms with Crippen LogP contribution in [0.4, 0.5) is 0 Å². The molecule has 0 saturated carbocycles. The van der Waals surface area contributed by atoms with Gasteiger partial charge in [0.05, 0.1) is 22.8 Å². The van der Waals surface area contributed by atoms with Crippen LogP contribution in [0.15, 0.2) is 48.5 Å². The van der Waals surface area contributed by atoms with Crippen molar-refractivity contribution in [3.05, 3.63) is 71.3 Å². The second kappa shape index (κ2) is 7.20. The van der Waals surface area contributed by atoms with Gasteiger partial charge >= 0.3 is 0 Å². The zero-order valence-corrected chi connectivity index (χ0v) is 17.2. The van der Waals surface area contributed by atoms with Gasteiger partial charge < -0.3 is 16.1 Å². The molecule has 6 heteroatoms. The van der Waals surface area contributed by atoms with Gasteiger partial charge in [-0.1, -0.05) is 0 Å². The Bertz CT molecular complexity index is 1080. The Balaban J connectivity index is 0.000000980. The molecule has 0 fully saturated rings. The predicted molar refractivity (Wildman–Crippen MR) is 104 cm³/mol. The minimum Gasteiger partial charge on any atom is -0.355 e. The molecule has 26 heavy (non-hydrogen) atoms. The fourth-order valence-electron chi connectivity index (χ4n) is 2.94. The first kappa shape index (κ1) is 18.0. The van der Waals surface area contributed by atoms with Crippen LogP contribution in [-0.2, 0) is 19.5 Å². The third kappa shape index (κ3) is 3.57. The van der Waals surface area contributed by atoms with Crippen LogP contribution in [0.5, 0.6) is 0 Å². The maximum Gasteiger partial charge on any atom is 0.0659 e. The standard InChI is InChI=1S/C20H14N4.H3N.Zn/c1-2-14-10-16-5-6-18(23-16)12-20-8-7-19(24-20)11-17-4-3-15(22-17)9-13(1)21-14;;/h1-12,21-22H;1H3;. The fourth-order valence-corrected chi connectivity index (χ4v) is 2.94. The molecule has 5 nitrogen and oxygen atoms in total. The average Bonchev–Trinajstić information content (AvgIpc) is 3.32. The van der Waals surface area contributed by atoms with Gasteiger partial charge in [-0.3, -0.25) is 0 Å². The van der Waals surface area contributed by atoms with Crippen molar-refractivity contribution in [2.24, 2.45) is 0 Å². The number of aromatic nitrogens is 4. The summed E-state index contributed by atoms with van der Waals surface area (Å²) in [6.45, 7) is 0. The maximum absolute atomic E-state index is 4.62. The van der Waals surface area contributed by atoms with Gasteiger partial charge in [-0.2, -0.15) is 0 Å². The van der Waals surface area contributed by atoms with Gasteiger partial charge in [-0.05, 0) is 72.8 Å². The summed E-state index contributed by atoms with van der Waals surface area (Å²) >= 11 is 0. The molecule has 0 unspecified atom stereocenters. The van der Waals surface area contributed by atoms with Crippen molar-refractivity contribution >= 4 is 46.4 Å². The first-order valence-electron chi connectivity index (χ1n) is 7.85. The molecule has 0 amide bonds. The zero-order valence-electron chi connectivity index (χ0n) is 14.2. The van der Waals surface area contributed by atoms with Gasteiger partial charge in [0.25, 0.3) is 0 Å². The van der Waals surface area contributed by atoms with Crippen LogP contribution in [0.25, 0.3) is 46.4 Å². The Morgan fingerprint density at radius 3 is 1.27 bits per heavy atom. The van der Waals surface area contributed by atoms with E-state index in [4.69, 9.17) is 0 Å². The second-order valence-corrected chi connectivity index (χ2v) is 5.91. The van der Waals surface area contributed by atoms with Crippen molar-refractivity contribution in [1.29, 1.82) is 0 Å². The molecule has 0 saturated heterocycles. The molecule has 0 aliphatic carbocycles. The Morgan fingerprint density at radius 2 is 0.846 bits per heavy atom. The minimum absolute atomic E-state index is 0. The van der Waals surface area contributed by atoms with E-state index >= 15 is 0 Å². The molecule has 0 aromatic carbocycles. The number of H-pyrrole nitrogens is 2. The van der Waals surface area contributed by atoms with Gasteiger partial charge in [-0.25, -0.2) is 9.97 Å². The molecule has 5 N–H and O–H groups in total. The molecule has 3 aromatic rings. The van der Waals surface area contributed by atoms with Crippen molar-refractivity contribution in [3.8, 4) is 0 Å². The summed E-state index contributed by atoms with van der Waals surface area (Å²) in [6.07, 6.45) is 8.05. The summed E-state index contributed by atoms with van der Waals surface area (Å²) < 4.78 is 0. The molecule has 3 aromatic heterocycles. The Labute approximate surface area is 163 Å². The van der Waals surface area contributed by atoms with Crippen LogP contribution in [0, 0.1) is 0 Å². The molecule has 0 atom stereocenters. The van der Waals surface area contributed by atoms with E-state index in [0.29, 0.717) is 0 Å². The fraction of sp³-hybridized carbons (Fsp3) is 0. The average molecular weight is 393 g/mol. The van der Waals surface area contributed by atoms with Gasteiger partial charge in [0.1, 0.15) is 0 Å². The van der Waals surface area contributed by atoms with Crippen molar-refractivity contribution in [2.45, 2.75) is 0 Å². The van der Waals surface area contributed by atoms with Crippen LogP contribution >= 0.6 is 0 Å². The van der Waals surface area contributed by atoms with Crippen LogP contribution in [-0.4, -0.2) is 19.9 Å². The van der Waals surface area contributed by atoms with Gasteiger partial charge in [0.2, 0.25) is 0 Å². The summed E-state index contributed by atoms with van der Waals surface area (Å²) in [5.74, 6) is 0. The van der Waals surface area contributed by atoms with Gasteiger partial charge in [-0.15, -0.1) is 0 Å². The summed E-state index contributed by atoms with van der Waals surface area (Å²) in [5, 5.41) is 0. The summed E-state index contributed by atoms with van der Waals surface area (Å²) in [7, 11) is 0.